The molecule has 1 aromatic carbocycles. The minimum absolute atomic E-state index is 0.346. The van der Waals surface area contributed by atoms with E-state index < -0.39 is 0 Å². The van der Waals surface area contributed by atoms with E-state index in [4.69, 9.17) is 4.74 Å². The first-order chi connectivity index (χ1) is 12.7. The van der Waals surface area contributed by atoms with Crippen LogP contribution >= 0.6 is 0 Å². The van der Waals surface area contributed by atoms with Gasteiger partial charge in [-0.1, -0.05) is 31.4 Å². The van der Waals surface area contributed by atoms with E-state index >= 15 is 0 Å². The number of aromatic hydroxyl groups is 1. The van der Waals surface area contributed by atoms with Gasteiger partial charge in [0.1, 0.15) is 18.1 Å². The molecule has 1 aromatic heterocycles. The van der Waals surface area contributed by atoms with Crippen molar-refractivity contribution in [3.05, 3.63) is 54.4 Å². The first-order valence-electron chi connectivity index (χ1n) is 9.77. The van der Waals surface area contributed by atoms with Gasteiger partial charge in [0.25, 0.3) is 0 Å². The fraction of sp³-hybridized carbons (Fsp3) is 0.500. The number of hydrogen-bond acceptors (Lipinski definition) is 4. The fourth-order valence-electron chi connectivity index (χ4n) is 4.78. The zero-order valence-corrected chi connectivity index (χ0v) is 15.3. The van der Waals surface area contributed by atoms with Gasteiger partial charge in [0.2, 0.25) is 0 Å². The molecule has 1 N–H and O–H groups in total. The molecule has 2 heterocycles. The molecular weight excluding hydrogens is 324 g/mol. The van der Waals surface area contributed by atoms with Crippen LogP contribution in [0.1, 0.15) is 44.1 Å². The van der Waals surface area contributed by atoms with Crippen LogP contribution in [-0.2, 0) is 6.54 Å². The first-order valence-corrected chi connectivity index (χ1v) is 9.77. The second-order valence-corrected chi connectivity index (χ2v) is 7.99. The largest absolute Gasteiger partial charge is 0.508 e. The molecule has 4 heteroatoms. The van der Waals surface area contributed by atoms with Crippen molar-refractivity contribution < 1.29 is 9.84 Å². The van der Waals surface area contributed by atoms with Crippen LogP contribution in [0.3, 0.4) is 0 Å². The lowest BCUT2D eigenvalue weighted by atomic mass is 9.73. The summed E-state index contributed by atoms with van der Waals surface area (Å²) in [5.41, 5.74) is 1.63. The van der Waals surface area contributed by atoms with Crippen molar-refractivity contribution in [3.63, 3.8) is 0 Å². The van der Waals surface area contributed by atoms with E-state index in [1.807, 2.05) is 24.3 Å². The lowest BCUT2D eigenvalue weighted by Gasteiger charge is -2.33. The first kappa shape index (κ1) is 17.3. The van der Waals surface area contributed by atoms with E-state index in [2.05, 4.69) is 16.0 Å². The van der Waals surface area contributed by atoms with E-state index in [1.165, 1.54) is 44.1 Å². The van der Waals surface area contributed by atoms with Crippen LogP contribution in [0.15, 0.2) is 48.8 Å². The molecule has 138 valence electrons. The molecule has 2 aromatic rings. The molecule has 26 heavy (non-hydrogen) atoms. The van der Waals surface area contributed by atoms with E-state index in [1.54, 1.807) is 18.5 Å². The summed E-state index contributed by atoms with van der Waals surface area (Å²) in [6, 6.07) is 11.9. The molecule has 0 radical (unpaired) electrons. The van der Waals surface area contributed by atoms with Gasteiger partial charge < -0.3 is 9.84 Å². The third-order valence-corrected chi connectivity index (χ3v) is 6.03. The molecule has 2 fully saturated rings. The minimum atomic E-state index is 0.346. The highest BCUT2D eigenvalue weighted by Crippen LogP contribution is 2.46. The second-order valence-electron chi connectivity index (χ2n) is 7.99. The highest BCUT2D eigenvalue weighted by atomic mass is 16.5. The minimum Gasteiger partial charge on any atom is -0.508 e. The molecule has 1 atom stereocenters. The third-order valence-electron chi connectivity index (χ3n) is 6.03. The topological polar surface area (TPSA) is 45.6 Å². The molecule has 1 spiro atoms. The number of likely N-dealkylation sites (tertiary alicyclic amines) is 1. The maximum Gasteiger partial charge on any atom is 0.122 e. The highest BCUT2D eigenvalue weighted by molar-refractivity contribution is 5.27. The van der Waals surface area contributed by atoms with Gasteiger partial charge in [-0.25, -0.2) is 0 Å². The molecule has 1 saturated heterocycles. The van der Waals surface area contributed by atoms with Crippen molar-refractivity contribution in [3.8, 4) is 11.5 Å². The number of phenols is 1. The van der Waals surface area contributed by atoms with Crippen molar-refractivity contribution in [1.29, 1.82) is 0 Å². The van der Waals surface area contributed by atoms with Crippen LogP contribution in [0.25, 0.3) is 0 Å². The maximum absolute atomic E-state index is 9.80. The normalized spacial score (nSPS) is 22.5. The van der Waals surface area contributed by atoms with Gasteiger partial charge in [0, 0.05) is 31.5 Å². The maximum atomic E-state index is 9.80. The molecule has 1 saturated carbocycles. The number of rotatable bonds is 5. The van der Waals surface area contributed by atoms with Crippen LogP contribution in [0, 0.1) is 5.41 Å². The second kappa shape index (κ2) is 7.67. The Morgan fingerprint density at radius 1 is 1.12 bits per heavy atom. The van der Waals surface area contributed by atoms with Crippen molar-refractivity contribution in [2.75, 3.05) is 13.2 Å². The Hall–Kier alpha value is -2.07. The van der Waals surface area contributed by atoms with Crippen LogP contribution in [0.2, 0.25) is 0 Å². The number of benzene rings is 1. The van der Waals surface area contributed by atoms with E-state index in [9.17, 15) is 5.11 Å². The number of hydrogen-bond donors (Lipinski definition) is 1. The molecule has 2 aliphatic rings. The fourth-order valence-corrected chi connectivity index (χ4v) is 4.78. The summed E-state index contributed by atoms with van der Waals surface area (Å²) in [5, 5.41) is 9.80. The average molecular weight is 352 g/mol. The number of phenolic OH excluding ortho intramolecular Hbond substituents is 1. The summed E-state index contributed by atoms with van der Waals surface area (Å²) in [5.74, 6) is 1.24. The quantitative estimate of drug-likeness (QED) is 0.867. The Kier molecular flexibility index (Phi) is 5.11. The Bertz CT molecular complexity index is 713. The van der Waals surface area contributed by atoms with Gasteiger partial charge in [0.15, 0.2) is 0 Å². The van der Waals surface area contributed by atoms with Gasteiger partial charge in [-0.3, -0.25) is 9.88 Å². The molecule has 4 rings (SSSR count). The summed E-state index contributed by atoms with van der Waals surface area (Å²) in [6.07, 6.45) is 11.6. The van der Waals surface area contributed by atoms with Gasteiger partial charge in [-0.05, 0) is 54.5 Å². The molecule has 1 unspecified atom stereocenters. The monoisotopic (exact) mass is 352 g/mol. The SMILES string of the molecule is Oc1cccc(CN2CC3(CCCCC3)CC2COc2ccncc2)c1. The van der Waals surface area contributed by atoms with Gasteiger partial charge in [-0.15, -0.1) is 0 Å². The molecular formula is C22H28N2O2. The summed E-state index contributed by atoms with van der Waals surface area (Å²) in [7, 11) is 0. The van der Waals surface area contributed by atoms with E-state index in [-0.39, 0.29) is 0 Å². The molecule has 4 nitrogen and oxygen atoms in total. The standard InChI is InChI=1S/C22H28N2O2/c25-20-6-4-5-18(13-20)15-24-17-22(9-2-1-3-10-22)14-19(24)16-26-21-7-11-23-12-8-21/h4-8,11-13,19,25H,1-3,9-10,14-17H2. The summed E-state index contributed by atoms with van der Waals surface area (Å²) in [6.45, 7) is 2.73. The van der Waals surface area contributed by atoms with Gasteiger partial charge in [-0.2, -0.15) is 0 Å². The number of pyridine rings is 1. The zero-order chi connectivity index (χ0) is 17.8. The highest BCUT2D eigenvalue weighted by Gasteiger charge is 2.44. The number of aromatic nitrogens is 1. The molecule has 0 amide bonds. The average Bonchev–Trinajstić information content (AvgIpc) is 2.98. The Labute approximate surface area is 155 Å². The number of nitrogens with zero attached hydrogens (tertiary/aromatic N) is 2. The molecule has 1 aliphatic carbocycles. The summed E-state index contributed by atoms with van der Waals surface area (Å²) in [4.78, 5) is 6.63. The van der Waals surface area contributed by atoms with E-state index in [0.29, 0.717) is 23.8 Å². The Morgan fingerprint density at radius 3 is 2.69 bits per heavy atom. The number of ether oxygens (including phenoxy) is 1. The van der Waals surface area contributed by atoms with E-state index in [0.717, 1.165) is 18.8 Å². The van der Waals surface area contributed by atoms with Gasteiger partial charge >= 0.3 is 0 Å². The van der Waals surface area contributed by atoms with Crippen molar-refractivity contribution >= 4 is 0 Å². The van der Waals surface area contributed by atoms with Crippen molar-refractivity contribution in [2.24, 2.45) is 5.41 Å². The lowest BCUT2D eigenvalue weighted by Crippen LogP contribution is -2.34. The predicted molar refractivity (Wildman–Crippen MR) is 102 cm³/mol. The molecule has 1 aliphatic heterocycles. The lowest BCUT2D eigenvalue weighted by molar-refractivity contribution is 0.159. The molecule has 0 bridgehead atoms. The van der Waals surface area contributed by atoms with Gasteiger partial charge in [0.05, 0.1) is 0 Å². The Balaban J connectivity index is 1.48. The van der Waals surface area contributed by atoms with Crippen molar-refractivity contribution in [2.45, 2.75) is 51.1 Å². The van der Waals surface area contributed by atoms with Crippen LogP contribution in [0.5, 0.6) is 11.5 Å². The summed E-state index contributed by atoms with van der Waals surface area (Å²) < 4.78 is 6.08. The Morgan fingerprint density at radius 2 is 1.92 bits per heavy atom. The smallest absolute Gasteiger partial charge is 0.122 e. The predicted octanol–water partition coefficient (Wildman–Crippen LogP) is 4.39. The van der Waals surface area contributed by atoms with Crippen LogP contribution in [-0.4, -0.2) is 34.2 Å². The summed E-state index contributed by atoms with van der Waals surface area (Å²) >= 11 is 0. The zero-order valence-electron chi connectivity index (χ0n) is 15.3. The third kappa shape index (κ3) is 4.01. The van der Waals surface area contributed by atoms with Crippen molar-refractivity contribution in [1.82, 2.24) is 9.88 Å². The van der Waals surface area contributed by atoms with Crippen LogP contribution in [0.4, 0.5) is 0 Å². The van der Waals surface area contributed by atoms with Crippen LogP contribution < -0.4 is 4.74 Å².